The first kappa shape index (κ1) is 17.7. The molecule has 1 N–H and O–H groups in total. The molecule has 0 fully saturated rings. The van der Waals surface area contributed by atoms with Gasteiger partial charge in [0.2, 0.25) is 0 Å². The summed E-state index contributed by atoms with van der Waals surface area (Å²) in [6, 6.07) is 1.97. The number of pyridine rings is 1. The summed E-state index contributed by atoms with van der Waals surface area (Å²) >= 11 is 5.49. The van der Waals surface area contributed by atoms with Gasteiger partial charge < -0.3 is 14.6 Å². The summed E-state index contributed by atoms with van der Waals surface area (Å²) in [6.07, 6.45) is -9.50. The number of nitrogens with one attached hydrogen (secondary N) is 1. The Balaban J connectivity index is 2.27. The molecular formula is C14H9ClF6N2O2. The van der Waals surface area contributed by atoms with Gasteiger partial charge in [-0.1, -0.05) is 11.6 Å². The monoisotopic (exact) mass is 386 g/mol. The predicted molar refractivity (Wildman–Crippen MR) is 78.3 cm³/mol. The highest BCUT2D eigenvalue weighted by molar-refractivity contribution is 6.32. The molecule has 3 rings (SSSR count). The van der Waals surface area contributed by atoms with Crippen molar-refractivity contribution in [2.45, 2.75) is 12.4 Å². The Morgan fingerprint density at radius 1 is 1.20 bits per heavy atom. The molecule has 0 spiro atoms. The Morgan fingerprint density at radius 3 is 2.48 bits per heavy atom. The number of aromatic nitrogens is 1. The Bertz CT molecular complexity index is 890. The van der Waals surface area contributed by atoms with Crippen LogP contribution < -0.4 is 15.2 Å². The summed E-state index contributed by atoms with van der Waals surface area (Å²) < 4.78 is 83.2. The van der Waals surface area contributed by atoms with Crippen LogP contribution in [-0.4, -0.2) is 30.9 Å². The van der Waals surface area contributed by atoms with Gasteiger partial charge in [-0.05, 0) is 6.07 Å². The maximum Gasteiger partial charge on any atom is 0.418 e. The zero-order valence-corrected chi connectivity index (χ0v) is 12.9. The fourth-order valence-corrected chi connectivity index (χ4v) is 2.95. The lowest BCUT2D eigenvalue weighted by atomic mass is 10.1. The van der Waals surface area contributed by atoms with E-state index < -0.39 is 40.4 Å². The van der Waals surface area contributed by atoms with Crippen LogP contribution in [0.15, 0.2) is 16.9 Å². The number of alkyl halides is 6. The van der Waals surface area contributed by atoms with Gasteiger partial charge in [0.1, 0.15) is 23.9 Å². The summed E-state index contributed by atoms with van der Waals surface area (Å²) in [5.41, 5.74) is -2.92. The average molecular weight is 387 g/mol. The molecule has 0 amide bonds. The maximum atomic E-state index is 13.3. The maximum absolute atomic E-state index is 13.3. The molecule has 0 saturated heterocycles. The molecule has 1 aromatic carbocycles. The molecule has 1 aromatic heterocycles. The van der Waals surface area contributed by atoms with Crippen molar-refractivity contribution in [3.05, 3.63) is 33.1 Å². The van der Waals surface area contributed by atoms with Crippen molar-refractivity contribution in [3.8, 4) is 5.75 Å². The Labute approximate surface area is 140 Å². The van der Waals surface area contributed by atoms with E-state index in [0.29, 0.717) is 0 Å². The van der Waals surface area contributed by atoms with Crippen molar-refractivity contribution in [1.82, 2.24) is 4.98 Å². The molecule has 11 heteroatoms. The lowest BCUT2D eigenvalue weighted by Crippen LogP contribution is -2.39. The fourth-order valence-electron chi connectivity index (χ4n) is 2.69. The molecule has 136 valence electrons. The number of anilines is 1. The Hall–Kier alpha value is -2.10. The number of H-pyrrole nitrogens is 1. The Kier molecular flexibility index (Phi) is 4.05. The van der Waals surface area contributed by atoms with E-state index in [1.807, 2.05) is 0 Å². The minimum absolute atomic E-state index is 0.0471. The molecular weight excluding hydrogens is 378 g/mol. The van der Waals surface area contributed by atoms with Crippen LogP contribution >= 0.6 is 11.6 Å². The molecule has 0 saturated carbocycles. The van der Waals surface area contributed by atoms with E-state index in [2.05, 4.69) is 4.98 Å². The number of nitrogens with zero attached hydrogens (tertiary/aromatic N) is 1. The normalized spacial score (nSPS) is 15.2. The second-order valence-corrected chi connectivity index (χ2v) is 5.77. The van der Waals surface area contributed by atoms with Crippen LogP contribution in [0.25, 0.3) is 10.9 Å². The van der Waals surface area contributed by atoms with Crippen LogP contribution in [0.1, 0.15) is 5.56 Å². The van der Waals surface area contributed by atoms with Crippen LogP contribution in [0.3, 0.4) is 0 Å². The van der Waals surface area contributed by atoms with E-state index in [9.17, 15) is 31.1 Å². The summed E-state index contributed by atoms with van der Waals surface area (Å²) in [4.78, 5) is 14.7. The second-order valence-electron chi connectivity index (χ2n) is 5.39. The van der Waals surface area contributed by atoms with Gasteiger partial charge in [-0.3, -0.25) is 4.79 Å². The molecule has 0 unspecified atom stereocenters. The van der Waals surface area contributed by atoms with Gasteiger partial charge in [0.15, 0.2) is 0 Å². The number of hydrogen-bond donors (Lipinski definition) is 1. The summed E-state index contributed by atoms with van der Waals surface area (Å²) in [7, 11) is 0. The fraction of sp³-hybridized carbons (Fsp3) is 0.357. The van der Waals surface area contributed by atoms with Gasteiger partial charge in [-0.2, -0.15) is 26.3 Å². The number of halogens is 7. The van der Waals surface area contributed by atoms with E-state index in [1.165, 1.54) is 0 Å². The predicted octanol–water partition coefficient (Wildman–Crippen LogP) is 3.96. The zero-order chi connectivity index (χ0) is 18.6. The number of rotatable bonds is 1. The van der Waals surface area contributed by atoms with Crippen LogP contribution in [0, 0.1) is 0 Å². The topological polar surface area (TPSA) is 45.3 Å². The quantitative estimate of drug-likeness (QED) is 0.755. The van der Waals surface area contributed by atoms with Gasteiger partial charge in [0, 0.05) is 11.5 Å². The number of ether oxygens (including phenoxy) is 1. The molecule has 0 bridgehead atoms. The molecule has 0 radical (unpaired) electrons. The van der Waals surface area contributed by atoms with Crippen molar-refractivity contribution < 1.29 is 31.1 Å². The molecule has 1 aliphatic rings. The van der Waals surface area contributed by atoms with Gasteiger partial charge in [0.05, 0.1) is 23.3 Å². The van der Waals surface area contributed by atoms with Crippen molar-refractivity contribution in [1.29, 1.82) is 0 Å². The van der Waals surface area contributed by atoms with Crippen LogP contribution in [0.2, 0.25) is 5.02 Å². The van der Waals surface area contributed by atoms with Crippen molar-refractivity contribution in [2.24, 2.45) is 0 Å². The lowest BCUT2D eigenvalue weighted by molar-refractivity contribution is -0.136. The third kappa shape index (κ3) is 3.35. The summed E-state index contributed by atoms with van der Waals surface area (Å²) in [5.74, 6) is -0.0471. The Morgan fingerprint density at radius 2 is 1.88 bits per heavy atom. The summed E-state index contributed by atoms with van der Waals surface area (Å²) in [6.45, 7) is -1.55. The molecule has 2 aromatic rings. The van der Waals surface area contributed by atoms with E-state index in [1.54, 1.807) is 0 Å². The van der Waals surface area contributed by atoms with E-state index >= 15 is 0 Å². The third-order valence-electron chi connectivity index (χ3n) is 3.65. The van der Waals surface area contributed by atoms with Crippen molar-refractivity contribution in [3.63, 3.8) is 0 Å². The smallest absolute Gasteiger partial charge is 0.418 e. The lowest BCUT2D eigenvalue weighted by Gasteiger charge is -2.32. The highest BCUT2D eigenvalue weighted by atomic mass is 35.5. The molecule has 1 aliphatic heterocycles. The number of benzene rings is 1. The molecule has 0 atom stereocenters. The van der Waals surface area contributed by atoms with Crippen molar-refractivity contribution >= 4 is 28.2 Å². The number of hydrogen-bond acceptors (Lipinski definition) is 3. The SMILES string of the molecule is O=c1[nH]c2cc3c(cc2c(C(F)(F)F)c1Cl)N(CC(F)(F)F)CCO3. The van der Waals surface area contributed by atoms with Gasteiger partial charge >= 0.3 is 12.4 Å². The third-order valence-corrected chi connectivity index (χ3v) is 4.01. The van der Waals surface area contributed by atoms with Crippen molar-refractivity contribution in [2.75, 3.05) is 24.6 Å². The molecule has 0 aliphatic carbocycles. The zero-order valence-electron chi connectivity index (χ0n) is 12.2. The van der Waals surface area contributed by atoms with E-state index in [4.69, 9.17) is 16.3 Å². The first-order valence-electron chi connectivity index (χ1n) is 6.88. The molecule has 2 heterocycles. The van der Waals surface area contributed by atoms with Gasteiger partial charge in [0.25, 0.3) is 5.56 Å². The minimum Gasteiger partial charge on any atom is -0.489 e. The number of aromatic amines is 1. The summed E-state index contributed by atoms with van der Waals surface area (Å²) in [5, 5.41) is -1.58. The van der Waals surface area contributed by atoms with E-state index in [-0.39, 0.29) is 30.1 Å². The molecule has 25 heavy (non-hydrogen) atoms. The number of fused-ring (bicyclic) bond motifs is 2. The van der Waals surface area contributed by atoms with Gasteiger partial charge in [-0.25, -0.2) is 0 Å². The van der Waals surface area contributed by atoms with E-state index in [0.717, 1.165) is 17.0 Å². The standard InChI is InChI=1S/C14H9ClF6N2O2/c15-11-10(14(19,20)21)6-3-8-9(4-7(6)22-12(11)24)25-2-1-23(8)5-13(16,17)18/h3-4H,1-2,5H2,(H,22,24). The largest absolute Gasteiger partial charge is 0.489 e. The highest BCUT2D eigenvalue weighted by Gasteiger charge is 2.38. The van der Waals surface area contributed by atoms with Crippen LogP contribution in [0.4, 0.5) is 32.0 Å². The highest BCUT2D eigenvalue weighted by Crippen LogP contribution is 2.42. The second kappa shape index (κ2) is 5.72. The van der Waals surface area contributed by atoms with Crippen LogP contribution in [0.5, 0.6) is 5.75 Å². The molecule has 4 nitrogen and oxygen atoms in total. The first-order valence-corrected chi connectivity index (χ1v) is 7.26. The van der Waals surface area contributed by atoms with Crippen LogP contribution in [-0.2, 0) is 6.18 Å². The minimum atomic E-state index is -4.96. The van der Waals surface area contributed by atoms with Gasteiger partial charge in [-0.15, -0.1) is 0 Å². The average Bonchev–Trinajstić information content (AvgIpc) is 2.44. The first-order chi connectivity index (χ1) is 11.5.